The van der Waals surface area contributed by atoms with Gasteiger partial charge in [-0.15, -0.1) is 0 Å². The minimum Gasteiger partial charge on any atom is -0.497 e. The second-order valence-corrected chi connectivity index (χ2v) is 10.7. The molecule has 0 radical (unpaired) electrons. The van der Waals surface area contributed by atoms with Crippen LogP contribution in [0.1, 0.15) is 13.3 Å². The van der Waals surface area contributed by atoms with Crippen molar-refractivity contribution in [3.8, 4) is 5.75 Å². The van der Waals surface area contributed by atoms with E-state index in [1.165, 1.54) is 30.6 Å². The van der Waals surface area contributed by atoms with E-state index in [0.717, 1.165) is 14.7 Å². The number of sulfone groups is 1. The number of halogens is 1. The average molecular weight is 541 g/mol. The Morgan fingerprint density at radius 1 is 1.16 bits per heavy atom. The largest absolute Gasteiger partial charge is 0.497 e. The summed E-state index contributed by atoms with van der Waals surface area (Å²) in [6.45, 7) is 1.84. The van der Waals surface area contributed by atoms with Crippen molar-refractivity contribution in [1.82, 2.24) is 4.57 Å². The maximum Gasteiger partial charge on any atom is 0.326 e. The third-order valence-corrected chi connectivity index (χ3v) is 7.73. The van der Waals surface area contributed by atoms with Crippen molar-refractivity contribution in [2.45, 2.75) is 24.8 Å². The smallest absolute Gasteiger partial charge is 0.326 e. The fourth-order valence-corrected chi connectivity index (χ4v) is 5.73. The van der Waals surface area contributed by atoms with E-state index in [0.29, 0.717) is 10.6 Å². The first kappa shape index (κ1) is 24.1. The Morgan fingerprint density at radius 2 is 1.88 bits per heavy atom. The molecule has 0 atom stereocenters. The first-order chi connectivity index (χ1) is 15.2. The average Bonchev–Trinajstić information content (AvgIpc) is 3.08. The van der Waals surface area contributed by atoms with Crippen LogP contribution in [-0.4, -0.2) is 44.3 Å². The van der Waals surface area contributed by atoms with E-state index in [1.54, 1.807) is 23.6 Å². The molecule has 0 aliphatic rings. The molecule has 2 aromatic carbocycles. The summed E-state index contributed by atoms with van der Waals surface area (Å²) in [7, 11) is -2.17. The molecule has 0 aliphatic carbocycles. The lowest BCUT2D eigenvalue weighted by Crippen LogP contribution is -2.23. The van der Waals surface area contributed by atoms with E-state index in [1.807, 2.05) is 18.2 Å². The molecule has 32 heavy (non-hydrogen) atoms. The van der Waals surface area contributed by atoms with Crippen LogP contribution in [0.5, 0.6) is 5.75 Å². The minimum atomic E-state index is -3.66. The van der Waals surface area contributed by atoms with Crippen LogP contribution in [0.25, 0.3) is 10.2 Å². The number of fused-ring (bicyclic) bond motifs is 1. The van der Waals surface area contributed by atoms with E-state index in [2.05, 4.69) is 20.9 Å². The van der Waals surface area contributed by atoms with Crippen LogP contribution < -0.4 is 9.54 Å². The number of aromatic nitrogens is 1. The molecule has 0 saturated heterocycles. The fraction of sp³-hybridized carbons (Fsp3) is 0.286. The molecule has 1 aromatic heterocycles. The van der Waals surface area contributed by atoms with Crippen molar-refractivity contribution in [3.63, 3.8) is 0 Å². The summed E-state index contributed by atoms with van der Waals surface area (Å²) in [5.41, 5.74) is 0.726. The topological polar surface area (TPSA) is 104 Å². The van der Waals surface area contributed by atoms with Crippen molar-refractivity contribution in [2.75, 3.05) is 19.5 Å². The predicted octanol–water partition coefficient (Wildman–Crippen LogP) is 3.33. The van der Waals surface area contributed by atoms with E-state index >= 15 is 0 Å². The summed E-state index contributed by atoms with van der Waals surface area (Å²) in [6, 6.07) is 11.5. The SMILES string of the molecule is CCOC(=O)Cn1c(=NC(=O)CCS(=O)(=O)c2ccc(OC)cc2)sc2cc(Br)ccc21. The molecular formula is C21H21BrN2O6S2. The van der Waals surface area contributed by atoms with Crippen LogP contribution in [-0.2, 0) is 30.7 Å². The Labute approximate surface area is 197 Å². The molecule has 11 heteroatoms. The summed E-state index contributed by atoms with van der Waals surface area (Å²) < 4.78 is 38.4. The van der Waals surface area contributed by atoms with Crippen LogP contribution in [0.4, 0.5) is 0 Å². The highest BCUT2D eigenvalue weighted by Gasteiger charge is 2.17. The molecule has 1 heterocycles. The van der Waals surface area contributed by atoms with Gasteiger partial charge in [0.25, 0.3) is 0 Å². The lowest BCUT2D eigenvalue weighted by atomic mass is 10.3. The van der Waals surface area contributed by atoms with Gasteiger partial charge in [0.1, 0.15) is 12.3 Å². The molecule has 3 rings (SSSR count). The molecule has 0 bridgehead atoms. The second-order valence-electron chi connectivity index (χ2n) is 6.64. The lowest BCUT2D eigenvalue weighted by Gasteiger charge is -2.05. The number of amides is 1. The van der Waals surface area contributed by atoms with Gasteiger partial charge in [-0.1, -0.05) is 27.3 Å². The van der Waals surface area contributed by atoms with Crippen LogP contribution in [0.2, 0.25) is 0 Å². The van der Waals surface area contributed by atoms with Gasteiger partial charge in [-0.25, -0.2) is 8.42 Å². The van der Waals surface area contributed by atoms with Gasteiger partial charge in [0.15, 0.2) is 14.6 Å². The maximum atomic E-state index is 12.5. The van der Waals surface area contributed by atoms with Crippen molar-refractivity contribution in [3.05, 3.63) is 51.7 Å². The van der Waals surface area contributed by atoms with Crippen molar-refractivity contribution >= 4 is 59.2 Å². The molecule has 0 fully saturated rings. The Kier molecular flexibility index (Phi) is 7.86. The summed E-state index contributed by atoms with van der Waals surface area (Å²) in [6.07, 6.45) is -0.286. The normalized spacial score (nSPS) is 12.2. The second kappa shape index (κ2) is 10.4. The molecule has 170 valence electrons. The monoisotopic (exact) mass is 540 g/mol. The van der Waals surface area contributed by atoms with Crippen molar-refractivity contribution in [2.24, 2.45) is 4.99 Å². The fourth-order valence-electron chi connectivity index (χ4n) is 2.91. The molecule has 0 N–H and O–H groups in total. The zero-order chi connectivity index (χ0) is 23.3. The van der Waals surface area contributed by atoms with Gasteiger partial charge < -0.3 is 14.0 Å². The lowest BCUT2D eigenvalue weighted by molar-refractivity contribution is -0.143. The maximum absolute atomic E-state index is 12.5. The zero-order valence-corrected chi connectivity index (χ0v) is 20.6. The van der Waals surface area contributed by atoms with Gasteiger partial charge in [-0.3, -0.25) is 9.59 Å². The number of ether oxygens (including phenoxy) is 2. The minimum absolute atomic E-state index is 0.105. The molecule has 1 amide bonds. The van der Waals surface area contributed by atoms with Crippen LogP contribution in [0, 0.1) is 0 Å². The van der Waals surface area contributed by atoms with E-state index in [4.69, 9.17) is 9.47 Å². The molecule has 3 aromatic rings. The molecule has 0 unspecified atom stereocenters. The molecular weight excluding hydrogens is 520 g/mol. The van der Waals surface area contributed by atoms with Gasteiger partial charge >= 0.3 is 5.97 Å². The number of esters is 1. The summed E-state index contributed by atoms with van der Waals surface area (Å²) >= 11 is 4.64. The van der Waals surface area contributed by atoms with E-state index in [9.17, 15) is 18.0 Å². The molecule has 8 nitrogen and oxygen atoms in total. The highest BCUT2D eigenvalue weighted by molar-refractivity contribution is 9.10. The molecule has 0 saturated carbocycles. The Hall–Kier alpha value is -2.50. The highest BCUT2D eigenvalue weighted by Crippen LogP contribution is 2.22. The number of benzene rings is 2. The first-order valence-electron chi connectivity index (χ1n) is 9.62. The number of carbonyl (C=O) groups is 2. The zero-order valence-electron chi connectivity index (χ0n) is 17.4. The number of thiazole rings is 1. The van der Waals surface area contributed by atoms with E-state index in [-0.39, 0.29) is 30.2 Å². The molecule has 0 aliphatic heterocycles. The van der Waals surface area contributed by atoms with Crippen LogP contribution in [0.3, 0.4) is 0 Å². The number of rotatable bonds is 8. The Bertz CT molecular complexity index is 1310. The first-order valence-corrected chi connectivity index (χ1v) is 12.9. The van der Waals surface area contributed by atoms with Gasteiger partial charge in [0, 0.05) is 10.9 Å². The Balaban J connectivity index is 1.85. The number of carbonyl (C=O) groups excluding carboxylic acids is 2. The van der Waals surface area contributed by atoms with Gasteiger partial charge in [-0.2, -0.15) is 4.99 Å². The third kappa shape index (κ3) is 5.84. The van der Waals surface area contributed by atoms with Crippen molar-refractivity contribution < 1.29 is 27.5 Å². The standard InChI is InChI=1S/C21H21BrN2O6S2/c1-3-30-20(26)13-24-17-9-4-14(22)12-18(17)31-21(24)23-19(25)10-11-32(27,28)16-7-5-15(29-2)6-8-16/h4-9,12H,3,10-11,13H2,1-2H3. The number of methoxy groups -OCH3 is 1. The third-order valence-electron chi connectivity index (χ3n) is 4.46. The van der Waals surface area contributed by atoms with Crippen LogP contribution >= 0.6 is 27.3 Å². The predicted molar refractivity (Wildman–Crippen MR) is 124 cm³/mol. The number of hydrogen-bond acceptors (Lipinski definition) is 7. The molecule has 0 spiro atoms. The number of nitrogens with zero attached hydrogens (tertiary/aromatic N) is 2. The Morgan fingerprint density at radius 3 is 2.53 bits per heavy atom. The highest BCUT2D eigenvalue weighted by atomic mass is 79.9. The van der Waals surface area contributed by atoms with Crippen LogP contribution in [0.15, 0.2) is 56.8 Å². The van der Waals surface area contributed by atoms with Gasteiger partial charge in [-0.05, 0) is 49.4 Å². The van der Waals surface area contributed by atoms with E-state index < -0.39 is 21.7 Å². The summed E-state index contributed by atoms with van der Waals surface area (Å²) in [5, 5.41) is 0. The summed E-state index contributed by atoms with van der Waals surface area (Å²) in [4.78, 5) is 29.1. The quantitative estimate of drug-likeness (QED) is 0.406. The number of hydrogen-bond donors (Lipinski definition) is 0. The summed E-state index contributed by atoms with van der Waals surface area (Å²) in [5.74, 6) is -0.885. The van der Waals surface area contributed by atoms with Gasteiger partial charge in [0.05, 0.1) is 34.6 Å². The van der Waals surface area contributed by atoms with Gasteiger partial charge in [0.2, 0.25) is 5.91 Å². The van der Waals surface area contributed by atoms with Crippen molar-refractivity contribution in [1.29, 1.82) is 0 Å².